The number of aromatic hydroxyl groups is 1. The number of aromatic nitrogens is 2. The quantitative estimate of drug-likeness (QED) is 0.523. The lowest BCUT2D eigenvalue weighted by Gasteiger charge is -2.07. The third-order valence-corrected chi connectivity index (χ3v) is 3.68. The van der Waals surface area contributed by atoms with E-state index < -0.39 is 0 Å². The first-order valence-corrected chi connectivity index (χ1v) is 8.20. The van der Waals surface area contributed by atoms with Crippen molar-refractivity contribution < 1.29 is 19.4 Å². The molecule has 3 N–H and O–H groups in total. The summed E-state index contributed by atoms with van der Waals surface area (Å²) in [6, 6.07) is 12.0. The number of H-pyrrole nitrogens is 1. The molecule has 3 aromatic rings. The van der Waals surface area contributed by atoms with Crippen molar-refractivity contribution in [3.63, 3.8) is 0 Å². The average molecular weight is 402 g/mol. The molecule has 8 heteroatoms. The molecule has 2 aromatic carbocycles. The van der Waals surface area contributed by atoms with Crippen molar-refractivity contribution in [3.8, 4) is 17.2 Å². The van der Waals surface area contributed by atoms with Gasteiger partial charge < -0.3 is 24.9 Å². The Morgan fingerprint density at radius 3 is 2.86 bits per heavy atom. The van der Waals surface area contributed by atoms with E-state index >= 15 is 0 Å². The number of methoxy groups -OCH3 is 1. The van der Waals surface area contributed by atoms with Gasteiger partial charge in [0.25, 0.3) is 0 Å². The van der Waals surface area contributed by atoms with Crippen LogP contribution in [0.1, 0.15) is 11.3 Å². The fourth-order valence-corrected chi connectivity index (χ4v) is 2.35. The molecule has 146 valence electrons. The van der Waals surface area contributed by atoms with Crippen molar-refractivity contribution in [1.82, 2.24) is 9.97 Å². The van der Waals surface area contributed by atoms with Crippen LogP contribution in [0.4, 0.5) is 5.69 Å². The van der Waals surface area contributed by atoms with Crippen LogP contribution in [-0.2, 0) is 11.4 Å². The van der Waals surface area contributed by atoms with E-state index in [2.05, 4.69) is 15.3 Å². The van der Waals surface area contributed by atoms with Crippen LogP contribution >= 0.6 is 12.4 Å². The second kappa shape index (κ2) is 10.0. The summed E-state index contributed by atoms with van der Waals surface area (Å²) in [6.45, 7) is 0.359. The van der Waals surface area contributed by atoms with Gasteiger partial charge in [-0.15, -0.1) is 12.4 Å². The minimum Gasteiger partial charge on any atom is -0.504 e. The predicted octanol–water partition coefficient (Wildman–Crippen LogP) is 3.78. The first kappa shape index (κ1) is 20.9. The molecule has 1 aromatic heterocycles. The zero-order valence-corrected chi connectivity index (χ0v) is 15.9. The molecule has 0 radical (unpaired) electrons. The largest absolute Gasteiger partial charge is 0.504 e. The molecule has 28 heavy (non-hydrogen) atoms. The molecule has 0 aliphatic heterocycles. The normalized spacial score (nSPS) is 10.3. The number of halogens is 1. The van der Waals surface area contributed by atoms with Crippen LogP contribution in [0.3, 0.4) is 0 Å². The summed E-state index contributed by atoms with van der Waals surface area (Å²) in [5, 5.41) is 12.5. The van der Waals surface area contributed by atoms with E-state index in [1.54, 1.807) is 48.9 Å². The van der Waals surface area contributed by atoms with Gasteiger partial charge in [0.2, 0.25) is 5.91 Å². The van der Waals surface area contributed by atoms with E-state index in [-0.39, 0.29) is 24.1 Å². The smallest absolute Gasteiger partial charge is 0.248 e. The highest BCUT2D eigenvalue weighted by molar-refractivity contribution is 6.02. The topological polar surface area (TPSA) is 96.5 Å². The number of rotatable bonds is 7. The fraction of sp³-hybridized carbons (Fsp3) is 0.100. The number of nitrogens with zero attached hydrogens (tertiary/aromatic N) is 1. The van der Waals surface area contributed by atoms with Gasteiger partial charge in [-0.25, -0.2) is 4.98 Å². The lowest BCUT2D eigenvalue weighted by atomic mass is 10.2. The Hall–Kier alpha value is -3.45. The number of hydrogen-bond acceptors (Lipinski definition) is 5. The molecule has 0 saturated carbocycles. The predicted molar refractivity (Wildman–Crippen MR) is 109 cm³/mol. The number of aromatic amines is 1. The van der Waals surface area contributed by atoms with E-state index in [0.29, 0.717) is 29.4 Å². The van der Waals surface area contributed by atoms with Gasteiger partial charge in [-0.2, -0.15) is 0 Å². The first-order valence-electron chi connectivity index (χ1n) is 8.20. The lowest BCUT2D eigenvalue weighted by Crippen LogP contribution is -2.07. The van der Waals surface area contributed by atoms with Crippen molar-refractivity contribution in [1.29, 1.82) is 0 Å². The second-order valence-corrected chi connectivity index (χ2v) is 5.65. The van der Waals surface area contributed by atoms with Gasteiger partial charge >= 0.3 is 0 Å². The van der Waals surface area contributed by atoms with Crippen molar-refractivity contribution in [3.05, 3.63) is 72.3 Å². The van der Waals surface area contributed by atoms with Crippen LogP contribution in [0.5, 0.6) is 17.2 Å². The molecule has 0 aliphatic carbocycles. The summed E-state index contributed by atoms with van der Waals surface area (Å²) in [5.41, 5.74) is 2.15. The van der Waals surface area contributed by atoms with Gasteiger partial charge in [-0.3, -0.25) is 4.79 Å². The van der Waals surface area contributed by atoms with Gasteiger partial charge in [0, 0.05) is 17.8 Å². The van der Waals surface area contributed by atoms with E-state index in [0.717, 1.165) is 5.69 Å². The number of phenols is 1. The van der Waals surface area contributed by atoms with Gasteiger partial charge in [0.15, 0.2) is 11.5 Å². The molecule has 7 nitrogen and oxygen atoms in total. The number of imidazole rings is 1. The Kier molecular flexibility index (Phi) is 7.47. The Bertz CT molecular complexity index is 942. The Labute approximate surface area is 168 Å². The maximum Gasteiger partial charge on any atom is 0.248 e. The average Bonchev–Trinajstić information content (AvgIpc) is 3.19. The zero-order chi connectivity index (χ0) is 19.1. The zero-order valence-electron chi connectivity index (χ0n) is 15.1. The van der Waals surface area contributed by atoms with Gasteiger partial charge in [0.05, 0.1) is 25.3 Å². The highest BCUT2D eigenvalue weighted by Gasteiger charge is 2.03. The number of hydrogen-bond donors (Lipinski definition) is 3. The maximum atomic E-state index is 12.1. The molecule has 0 spiro atoms. The number of anilines is 1. The minimum absolute atomic E-state index is 0. The standard InChI is InChI=1S/C20H19N3O4.ClH/c1-26-19-7-5-14(9-18(19)24)6-8-20(25)23-15-3-2-4-17(10-15)27-12-16-11-21-13-22-16;/h2-11,13,24H,12H2,1H3,(H,21,22)(H,23,25);1H/b8-6+;. The van der Waals surface area contributed by atoms with Crippen molar-refractivity contribution in [2.24, 2.45) is 0 Å². The fourth-order valence-electron chi connectivity index (χ4n) is 2.35. The molecular formula is C20H20ClN3O4. The molecule has 0 unspecified atom stereocenters. The number of benzene rings is 2. The molecule has 1 amide bonds. The van der Waals surface area contributed by atoms with Crippen LogP contribution in [-0.4, -0.2) is 28.1 Å². The number of phenolic OH excluding ortho intramolecular Hbond substituents is 1. The van der Waals surface area contributed by atoms with E-state index in [9.17, 15) is 9.90 Å². The highest BCUT2D eigenvalue weighted by Crippen LogP contribution is 2.26. The summed E-state index contributed by atoms with van der Waals surface area (Å²) in [5.74, 6) is 0.730. The number of nitrogens with one attached hydrogen (secondary N) is 2. The number of carbonyl (C=O) groups is 1. The van der Waals surface area contributed by atoms with E-state index in [1.165, 1.54) is 19.3 Å². The van der Waals surface area contributed by atoms with Crippen LogP contribution in [0.25, 0.3) is 6.08 Å². The second-order valence-electron chi connectivity index (χ2n) is 5.65. The molecule has 0 fully saturated rings. The molecule has 1 heterocycles. The van der Waals surface area contributed by atoms with Crippen LogP contribution in [0.2, 0.25) is 0 Å². The summed E-state index contributed by atoms with van der Waals surface area (Å²) in [6.07, 6.45) is 6.27. The SMILES string of the molecule is COc1ccc(/C=C/C(=O)Nc2cccc(OCc3cnc[nH]3)c2)cc1O.Cl. The summed E-state index contributed by atoms with van der Waals surface area (Å²) in [7, 11) is 1.48. The number of amides is 1. The Morgan fingerprint density at radius 1 is 1.29 bits per heavy atom. The van der Waals surface area contributed by atoms with E-state index in [4.69, 9.17) is 9.47 Å². The van der Waals surface area contributed by atoms with Crippen molar-refractivity contribution >= 4 is 30.1 Å². The molecule has 0 aliphatic rings. The Balaban J connectivity index is 0.00000280. The third kappa shape index (κ3) is 5.78. The summed E-state index contributed by atoms with van der Waals surface area (Å²) < 4.78 is 10.6. The van der Waals surface area contributed by atoms with Gasteiger partial charge in [0.1, 0.15) is 12.4 Å². The maximum absolute atomic E-state index is 12.1. The molecule has 0 bridgehead atoms. The third-order valence-electron chi connectivity index (χ3n) is 3.68. The Morgan fingerprint density at radius 2 is 2.14 bits per heavy atom. The van der Waals surface area contributed by atoms with Crippen LogP contribution in [0.15, 0.2) is 61.1 Å². The van der Waals surface area contributed by atoms with Crippen molar-refractivity contribution in [2.45, 2.75) is 6.61 Å². The first-order chi connectivity index (χ1) is 13.1. The van der Waals surface area contributed by atoms with E-state index in [1.807, 2.05) is 6.07 Å². The molecule has 0 saturated heterocycles. The molecule has 0 atom stereocenters. The number of carbonyl (C=O) groups excluding carboxylic acids is 1. The number of ether oxygens (including phenoxy) is 2. The van der Waals surface area contributed by atoms with Gasteiger partial charge in [-0.1, -0.05) is 12.1 Å². The highest BCUT2D eigenvalue weighted by atomic mass is 35.5. The van der Waals surface area contributed by atoms with Crippen LogP contribution in [0, 0.1) is 0 Å². The molecule has 3 rings (SSSR count). The van der Waals surface area contributed by atoms with Gasteiger partial charge in [-0.05, 0) is 35.9 Å². The summed E-state index contributed by atoms with van der Waals surface area (Å²) in [4.78, 5) is 19.0. The lowest BCUT2D eigenvalue weighted by molar-refractivity contribution is -0.111. The summed E-state index contributed by atoms with van der Waals surface area (Å²) >= 11 is 0. The molecular weight excluding hydrogens is 382 g/mol. The monoisotopic (exact) mass is 401 g/mol. The minimum atomic E-state index is -0.295. The van der Waals surface area contributed by atoms with Crippen LogP contribution < -0.4 is 14.8 Å². The van der Waals surface area contributed by atoms with Crippen molar-refractivity contribution in [2.75, 3.05) is 12.4 Å².